The summed E-state index contributed by atoms with van der Waals surface area (Å²) in [5, 5.41) is 4.06. The quantitative estimate of drug-likeness (QED) is 0.568. The second-order valence-corrected chi connectivity index (χ2v) is 4.30. The summed E-state index contributed by atoms with van der Waals surface area (Å²) in [4.78, 5) is 14.1. The van der Waals surface area contributed by atoms with Crippen molar-refractivity contribution in [2.45, 2.75) is 13.8 Å². The molecule has 0 spiro atoms. The van der Waals surface area contributed by atoms with Crippen LogP contribution in [0.5, 0.6) is 0 Å². The summed E-state index contributed by atoms with van der Waals surface area (Å²) in [5.41, 5.74) is 2.03. The number of rotatable bonds is 7. The fourth-order valence-corrected chi connectivity index (χ4v) is 1.77. The molecule has 4 nitrogen and oxygen atoms in total. The number of ketones is 1. The van der Waals surface area contributed by atoms with Crippen LogP contribution in [0.2, 0.25) is 0 Å². The molecule has 0 saturated carbocycles. The van der Waals surface area contributed by atoms with Crippen LogP contribution in [-0.2, 0) is 11.8 Å². The van der Waals surface area contributed by atoms with Crippen LogP contribution in [0, 0.1) is 0 Å². The minimum Gasteiger partial charge on any atom is -0.315 e. The summed E-state index contributed by atoms with van der Waals surface area (Å²) in [6.45, 7) is 11.3. The fraction of sp³-hybridized carbons (Fsp3) is 0.176. The van der Waals surface area contributed by atoms with Gasteiger partial charge in [-0.1, -0.05) is 25.3 Å². The Morgan fingerprint density at radius 3 is 2.62 bits per heavy atom. The molecule has 0 unspecified atom stereocenters. The first kappa shape index (κ1) is 16.4. The van der Waals surface area contributed by atoms with Crippen molar-refractivity contribution in [2.75, 3.05) is 0 Å². The molecule has 1 aromatic heterocycles. The summed E-state index contributed by atoms with van der Waals surface area (Å²) < 4.78 is 1.70. The minimum atomic E-state index is -0.111. The van der Waals surface area contributed by atoms with E-state index in [-0.39, 0.29) is 5.78 Å². The van der Waals surface area contributed by atoms with Gasteiger partial charge in [0, 0.05) is 25.1 Å². The summed E-state index contributed by atoms with van der Waals surface area (Å²) in [6.07, 6.45) is 12.0. The van der Waals surface area contributed by atoms with Gasteiger partial charge in [-0.3, -0.25) is 9.48 Å². The molecule has 0 bridgehead atoms. The van der Waals surface area contributed by atoms with Gasteiger partial charge in [-0.05, 0) is 38.1 Å². The Kier molecular flexibility index (Phi) is 6.14. The predicted octanol–water partition coefficient (Wildman–Crippen LogP) is 3.44. The molecule has 0 amide bonds. The average Bonchev–Trinajstić information content (AvgIpc) is 2.89. The maximum Gasteiger partial charge on any atom is 0.202 e. The van der Waals surface area contributed by atoms with E-state index in [0.717, 1.165) is 5.69 Å². The van der Waals surface area contributed by atoms with E-state index in [0.29, 0.717) is 11.4 Å². The van der Waals surface area contributed by atoms with E-state index >= 15 is 0 Å². The van der Waals surface area contributed by atoms with E-state index in [9.17, 15) is 4.79 Å². The van der Waals surface area contributed by atoms with Gasteiger partial charge < -0.3 is 4.90 Å². The molecular weight excluding hydrogens is 262 g/mol. The Bertz CT molecular complexity index is 618. The van der Waals surface area contributed by atoms with Crippen molar-refractivity contribution in [1.29, 1.82) is 0 Å². The Hall–Kier alpha value is -2.62. The average molecular weight is 283 g/mol. The van der Waals surface area contributed by atoms with Gasteiger partial charge in [-0.2, -0.15) is 5.10 Å². The number of hydrogen-bond donors (Lipinski definition) is 0. The van der Waals surface area contributed by atoms with Gasteiger partial charge >= 0.3 is 0 Å². The highest BCUT2D eigenvalue weighted by atomic mass is 16.1. The summed E-state index contributed by atoms with van der Waals surface area (Å²) >= 11 is 0. The lowest BCUT2D eigenvalue weighted by Crippen LogP contribution is -2.19. The van der Waals surface area contributed by atoms with E-state index < -0.39 is 0 Å². The highest BCUT2D eigenvalue weighted by Crippen LogP contribution is 2.15. The number of hydrogen-bond acceptors (Lipinski definition) is 3. The van der Waals surface area contributed by atoms with Gasteiger partial charge in [0.05, 0.1) is 11.4 Å². The Morgan fingerprint density at radius 1 is 1.43 bits per heavy atom. The van der Waals surface area contributed by atoms with E-state index in [1.807, 2.05) is 33.0 Å². The van der Waals surface area contributed by atoms with Crippen LogP contribution in [0.25, 0.3) is 6.08 Å². The molecule has 21 heavy (non-hydrogen) atoms. The Labute approximate surface area is 126 Å². The Balaban J connectivity index is 3.01. The topological polar surface area (TPSA) is 38.1 Å². The SMILES string of the molecule is C=CC(=C)N(/C=C\C)/C(=C\C)C(=O)/C=C/c1ccnn1C. The van der Waals surface area contributed by atoms with E-state index in [4.69, 9.17) is 0 Å². The van der Waals surface area contributed by atoms with E-state index in [1.54, 1.807) is 40.2 Å². The molecule has 0 aliphatic carbocycles. The first-order valence-electron chi connectivity index (χ1n) is 6.65. The second kappa shape index (κ2) is 7.85. The molecule has 0 aliphatic rings. The number of allylic oxidation sites excluding steroid dienone is 4. The van der Waals surface area contributed by atoms with Crippen molar-refractivity contribution in [3.8, 4) is 0 Å². The van der Waals surface area contributed by atoms with Gasteiger partial charge in [0.15, 0.2) is 0 Å². The highest BCUT2D eigenvalue weighted by molar-refractivity contribution is 6.06. The van der Waals surface area contributed by atoms with Gasteiger partial charge in [0.2, 0.25) is 5.78 Å². The standard InChI is InChI=1S/C17H21N3O/c1-6-13-20(14(4)7-2)16(8-3)17(21)10-9-15-11-12-18-19(15)5/h6-13H,2,4H2,1,3,5H3/b10-9+,13-6-,16-8-. The van der Waals surface area contributed by atoms with Gasteiger partial charge in [0.25, 0.3) is 0 Å². The number of carbonyl (C=O) groups excluding carboxylic acids is 1. The zero-order chi connectivity index (χ0) is 15.8. The normalized spacial score (nSPS) is 12.0. The second-order valence-electron chi connectivity index (χ2n) is 4.30. The molecule has 0 saturated heterocycles. The van der Waals surface area contributed by atoms with E-state index in [1.165, 1.54) is 6.08 Å². The highest BCUT2D eigenvalue weighted by Gasteiger charge is 2.13. The molecule has 0 N–H and O–H groups in total. The van der Waals surface area contributed by atoms with Crippen molar-refractivity contribution >= 4 is 11.9 Å². The number of aryl methyl sites for hydroxylation is 1. The van der Waals surface area contributed by atoms with Crippen LogP contribution >= 0.6 is 0 Å². The molecule has 0 aromatic carbocycles. The lowest BCUT2D eigenvalue weighted by molar-refractivity contribution is -0.112. The molecule has 110 valence electrons. The van der Waals surface area contributed by atoms with Crippen molar-refractivity contribution in [3.05, 3.63) is 73.0 Å². The third-order valence-electron chi connectivity index (χ3n) is 2.89. The zero-order valence-electron chi connectivity index (χ0n) is 12.8. The lowest BCUT2D eigenvalue weighted by atomic mass is 10.2. The lowest BCUT2D eigenvalue weighted by Gasteiger charge is -2.22. The zero-order valence-corrected chi connectivity index (χ0v) is 12.8. The maximum absolute atomic E-state index is 12.4. The van der Waals surface area contributed by atoms with Gasteiger partial charge in [-0.15, -0.1) is 0 Å². The third-order valence-corrected chi connectivity index (χ3v) is 2.89. The summed E-state index contributed by atoms with van der Waals surface area (Å²) in [7, 11) is 1.83. The minimum absolute atomic E-state index is 0.111. The third kappa shape index (κ3) is 4.18. The molecular formula is C17H21N3O. The van der Waals surface area contributed by atoms with Crippen molar-refractivity contribution in [3.63, 3.8) is 0 Å². The smallest absolute Gasteiger partial charge is 0.202 e. The molecule has 1 rings (SSSR count). The summed E-state index contributed by atoms with van der Waals surface area (Å²) in [6, 6.07) is 1.84. The van der Waals surface area contributed by atoms with Crippen LogP contribution < -0.4 is 0 Å². The predicted molar refractivity (Wildman–Crippen MR) is 87.0 cm³/mol. The van der Waals surface area contributed by atoms with E-state index in [2.05, 4.69) is 18.3 Å². The van der Waals surface area contributed by atoms with Crippen LogP contribution in [0.15, 0.2) is 67.3 Å². The fourth-order valence-electron chi connectivity index (χ4n) is 1.77. The van der Waals surface area contributed by atoms with Crippen molar-refractivity contribution in [1.82, 2.24) is 14.7 Å². The number of carbonyl (C=O) groups is 1. The number of nitrogens with zero attached hydrogens (tertiary/aromatic N) is 3. The van der Waals surface area contributed by atoms with Gasteiger partial charge in [-0.25, -0.2) is 0 Å². The largest absolute Gasteiger partial charge is 0.315 e. The van der Waals surface area contributed by atoms with Crippen molar-refractivity contribution in [2.24, 2.45) is 7.05 Å². The van der Waals surface area contributed by atoms with Crippen LogP contribution in [0.4, 0.5) is 0 Å². The molecule has 0 fully saturated rings. The molecule has 1 heterocycles. The Morgan fingerprint density at radius 2 is 2.14 bits per heavy atom. The van der Waals surface area contributed by atoms with Crippen LogP contribution in [-0.4, -0.2) is 20.5 Å². The molecule has 0 atom stereocenters. The molecule has 0 radical (unpaired) electrons. The molecule has 1 aromatic rings. The van der Waals surface area contributed by atoms with Crippen LogP contribution in [0.3, 0.4) is 0 Å². The van der Waals surface area contributed by atoms with Crippen molar-refractivity contribution < 1.29 is 4.79 Å². The number of aromatic nitrogens is 2. The first-order valence-corrected chi connectivity index (χ1v) is 6.65. The van der Waals surface area contributed by atoms with Gasteiger partial charge in [0.1, 0.15) is 0 Å². The molecule has 4 heteroatoms. The molecule has 0 aliphatic heterocycles. The first-order chi connectivity index (χ1) is 10.0. The van der Waals surface area contributed by atoms with Crippen LogP contribution in [0.1, 0.15) is 19.5 Å². The maximum atomic E-state index is 12.4. The monoisotopic (exact) mass is 283 g/mol. The summed E-state index contributed by atoms with van der Waals surface area (Å²) in [5.74, 6) is -0.111.